The van der Waals surface area contributed by atoms with Crippen molar-refractivity contribution in [3.8, 4) is 11.3 Å². The van der Waals surface area contributed by atoms with Gasteiger partial charge in [0.05, 0.1) is 18.4 Å². The van der Waals surface area contributed by atoms with Crippen molar-refractivity contribution in [3.63, 3.8) is 0 Å². The maximum atomic E-state index is 12.5. The molecule has 2 N–H and O–H groups in total. The van der Waals surface area contributed by atoms with Crippen molar-refractivity contribution in [1.82, 2.24) is 9.38 Å². The first-order valence-electron chi connectivity index (χ1n) is 8.13. The average molecular weight is 377 g/mol. The zero-order valence-electron chi connectivity index (χ0n) is 14.4. The van der Waals surface area contributed by atoms with Crippen LogP contribution in [0.25, 0.3) is 22.3 Å². The number of nitrogen functional groups attached to an aromatic ring is 1. The number of nitrogens with two attached hydrogens (primary N) is 1. The highest BCUT2D eigenvalue weighted by molar-refractivity contribution is 7.15. The summed E-state index contributed by atoms with van der Waals surface area (Å²) >= 11 is 1.36. The van der Waals surface area contributed by atoms with Gasteiger partial charge in [-0.2, -0.15) is 4.98 Å². The van der Waals surface area contributed by atoms with Gasteiger partial charge in [-0.3, -0.25) is 14.0 Å². The molecule has 6 nitrogen and oxygen atoms in total. The number of benzene rings is 1. The van der Waals surface area contributed by atoms with Crippen LogP contribution < -0.4 is 11.3 Å². The van der Waals surface area contributed by atoms with Gasteiger partial charge in [-0.05, 0) is 29.4 Å². The summed E-state index contributed by atoms with van der Waals surface area (Å²) in [5, 5.41) is 1.92. The second-order valence-corrected chi connectivity index (χ2v) is 6.71. The normalized spacial score (nSPS) is 15.4. The highest BCUT2D eigenvalue weighted by Gasteiger charge is 2.16. The van der Waals surface area contributed by atoms with E-state index in [0.717, 1.165) is 11.3 Å². The molecule has 0 saturated carbocycles. The second-order valence-electron chi connectivity index (χ2n) is 5.88. The lowest BCUT2D eigenvalue weighted by atomic mass is 10.0. The number of methoxy groups -OCH3 is 1. The summed E-state index contributed by atoms with van der Waals surface area (Å²) in [5.74, 6) is 0.282. The molecule has 7 heteroatoms. The van der Waals surface area contributed by atoms with Crippen LogP contribution in [0.15, 0.2) is 70.1 Å². The smallest absolute Gasteiger partial charge is 0.283 e. The van der Waals surface area contributed by atoms with Crippen molar-refractivity contribution < 1.29 is 9.53 Å². The third-order valence-electron chi connectivity index (χ3n) is 4.22. The standard InChI is InChI=1S/C20H15N3O3S/c1-26-17-10-12(7-8-16(17)24)9-14-18(21)23-15(13-5-3-2-4-6-13)11-27-20(23)22-19(14)25/h2-11H,21H2,1H3/b12-9+. The highest BCUT2D eigenvalue weighted by Crippen LogP contribution is 2.28. The first-order chi connectivity index (χ1) is 13.1. The number of ketones is 1. The number of allylic oxidation sites excluding steroid dienone is 4. The third kappa shape index (κ3) is 2.98. The summed E-state index contributed by atoms with van der Waals surface area (Å²) in [7, 11) is 1.43. The minimum Gasteiger partial charge on any atom is -0.493 e. The highest BCUT2D eigenvalue weighted by atomic mass is 32.1. The number of ether oxygens (including phenoxy) is 1. The van der Waals surface area contributed by atoms with E-state index < -0.39 is 5.56 Å². The fraction of sp³-hybridized carbons (Fsp3) is 0.0500. The van der Waals surface area contributed by atoms with Gasteiger partial charge in [0, 0.05) is 5.38 Å². The van der Waals surface area contributed by atoms with Gasteiger partial charge >= 0.3 is 0 Å². The molecule has 0 atom stereocenters. The maximum Gasteiger partial charge on any atom is 0.283 e. The van der Waals surface area contributed by atoms with E-state index in [1.165, 1.54) is 24.5 Å². The molecule has 4 rings (SSSR count). The molecule has 2 aromatic heterocycles. The number of hydrogen-bond acceptors (Lipinski definition) is 6. The molecule has 1 aromatic carbocycles. The quantitative estimate of drug-likeness (QED) is 0.758. The van der Waals surface area contributed by atoms with Gasteiger partial charge in [0.15, 0.2) is 10.7 Å². The molecule has 0 unspecified atom stereocenters. The number of carbonyl (C=O) groups excluding carboxylic acids is 1. The van der Waals surface area contributed by atoms with Crippen LogP contribution in [-0.2, 0) is 9.53 Å². The Balaban J connectivity index is 1.91. The van der Waals surface area contributed by atoms with Crippen LogP contribution in [0.3, 0.4) is 0 Å². The van der Waals surface area contributed by atoms with Gasteiger partial charge in [-0.15, -0.1) is 11.3 Å². The van der Waals surface area contributed by atoms with E-state index >= 15 is 0 Å². The maximum absolute atomic E-state index is 12.5. The summed E-state index contributed by atoms with van der Waals surface area (Å²) < 4.78 is 6.83. The van der Waals surface area contributed by atoms with Crippen molar-refractivity contribution in [2.75, 3.05) is 12.8 Å². The average Bonchev–Trinajstić information content (AvgIpc) is 3.11. The number of nitrogens with zero attached hydrogens (tertiary/aromatic N) is 2. The molecule has 0 spiro atoms. The van der Waals surface area contributed by atoms with Gasteiger partial charge in [0.1, 0.15) is 5.82 Å². The summed E-state index contributed by atoms with van der Waals surface area (Å²) in [4.78, 5) is 28.9. The molecule has 134 valence electrons. The Bertz CT molecular complexity index is 1200. The number of aromatic nitrogens is 2. The summed E-state index contributed by atoms with van der Waals surface area (Å²) in [6.45, 7) is 0. The van der Waals surface area contributed by atoms with Gasteiger partial charge in [-0.25, -0.2) is 0 Å². The van der Waals surface area contributed by atoms with Gasteiger partial charge in [0.25, 0.3) is 5.56 Å². The monoisotopic (exact) mass is 377 g/mol. The van der Waals surface area contributed by atoms with E-state index in [2.05, 4.69) is 4.98 Å². The van der Waals surface area contributed by atoms with E-state index in [1.54, 1.807) is 22.6 Å². The first kappa shape index (κ1) is 17.0. The van der Waals surface area contributed by atoms with Crippen LogP contribution in [0.2, 0.25) is 0 Å². The molecule has 1 aliphatic rings. The lowest BCUT2D eigenvalue weighted by Crippen LogP contribution is -2.16. The fourth-order valence-electron chi connectivity index (χ4n) is 2.89. The largest absolute Gasteiger partial charge is 0.493 e. The van der Waals surface area contributed by atoms with Crippen LogP contribution >= 0.6 is 11.3 Å². The molecule has 0 saturated heterocycles. The summed E-state index contributed by atoms with van der Waals surface area (Å²) in [5.41, 5.74) is 8.68. The molecular formula is C20H15N3O3S. The van der Waals surface area contributed by atoms with E-state index in [0.29, 0.717) is 16.4 Å². The molecule has 27 heavy (non-hydrogen) atoms. The third-order valence-corrected chi connectivity index (χ3v) is 5.05. The topological polar surface area (TPSA) is 86.7 Å². The number of hydrogen-bond donors (Lipinski definition) is 1. The fourth-order valence-corrected chi connectivity index (χ4v) is 3.78. The minimum atomic E-state index is -0.417. The Labute approximate surface area is 158 Å². The lowest BCUT2D eigenvalue weighted by molar-refractivity contribution is -0.114. The molecule has 2 heterocycles. The first-order valence-corrected chi connectivity index (χ1v) is 9.01. The Morgan fingerprint density at radius 3 is 2.70 bits per heavy atom. The number of carbonyl (C=O) groups is 1. The Hall–Kier alpha value is -3.45. The molecular weight excluding hydrogens is 362 g/mol. The zero-order chi connectivity index (χ0) is 19.0. The van der Waals surface area contributed by atoms with E-state index in [-0.39, 0.29) is 17.1 Å². The van der Waals surface area contributed by atoms with Gasteiger partial charge in [-0.1, -0.05) is 36.4 Å². The van der Waals surface area contributed by atoms with Crippen LogP contribution in [0, 0.1) is 0 Å². The van der Waals surface area contributed by atoms with Crippen molar-refractivity contribution >= 4 is 34.0 Å². The number of thiazole rings is 1. The Morgan fingerprint density at radius 1 is 1.19 bits per heavy atom. The van der Waals surface area contributed by atoms with E-state index in [4.69, 9.17) is 10.5 Å². The van der Waals surface area contributed by atoms with Crippen LogP contribution in [0.5, 0.6) is 0 Å². The number of anilines is 1. The molecule has 0 aliphatic heterocycles. The number of rotatable bonds is 3. The van der Waals surface area contributed by atoms with Gasteiger partial charge in [0.2, 0.25) is 5.78 Å². The van der Waals surface area contributed by atoms with Crippen molar-refractivity contribution in [2.45, 2.75) is 0 Å². The Morgan fingerprint density at radius 2 is 1.96 bits per heavy atom. The van der Waals surface area contributed by atoms with Crippen molar-refractivity contribution in [1.29, 1.82) is 0 Å². The molecule has 0 fully saturated rings. The predicted octanol–water partition coefficient (Wildman–Crippen LogP) is 3.06. The summed E-state index contributed by atoms with van der Waals surface area (Å²) in [6, 6.07) is 9.76. The molecule has 1 aliphatic carbocycles. The number of fused-ring (bicyclic) bond motifs is 1. The van der Waals surface area contributed by atoms with E-state index in [1.807, 2.05) is 35.7 Å². The van der Waals surface area contributed by atoms with Crippen LogP contribution in [0.1, 0.15) is 5.56 Å². The SMILES string of the molecule is COC1=C/C(=C/c2c(N)n3c(-c4ccccc4)csc3nc2=O)C=CC1=O. The van der Waals surface area contributed by atoms with Crippen LogP contribution in [-0.4, -0.2) is 22.3 Å². The van der Waals surface area contributed by atoms with Crippen molar-refractivity contribution in [2.24, 2.45) is 0 Å². The van der Waals surface area contributed by atoms with Crippen molar-refractivity contribution in [3.05, 3.63) is 81.2 Å². The van der Waals surface area contributed by atoms with E-state index in [9.17, 15) is 9.59 Å². The second kappa shape index (κ2) is 6.69. The summed E-state index contributed by atoms with van der Waals surface area (Å²) in [6.07, 6.45) is 6.20. The lowest BCUT2D eigenvalue weighted by Gasteiger charge is -2.10. The molecule has 0 amide bonds. The minimum absolute atomic E-state index is 0.206. The van der Waals surface area contributed by atoms with Gasteiger partial charge < -0.3 is 10.5 Å². The predicted molar refractivity (Wildman–Crippen MR) is 106 cm³/mol. The Kier molecular flexibility index (Phi) is 4.21. The van der Waals surface area contributed by atoms with Crippen LogP contribution in [0.4, 0.5) is 5.82 Å². The molecule has 3 aromatic rings. The zero-order valence-corrected chi connectivity index (χ0v) is 15.2. The molecule has 0 radical (unpaired) electrons. The molecule has 0 bridgehead atoms.